The van der Waals surface area contributed by atoms with Crippen LogP contribution in [0.2, 0.25) is 0 Å². The Morgan fingerprint density at radius 1 is 1.18 bits per heavy atom. The maximum atomic E-state index is 12.2. The van der Waals surface area contributed by atoms with Crippen LogP contribution >= 0.6 is 0 Å². The molecule has 0 saturated heterocycles. The summed E-state index contributed by atoms with van der Waals surface area (Å²) in [7, 11) is 0. The molecule has 22 heavy (non-hydrogen) atoms. The van der Waals surface area contributed by atoms with E-state index in [2.05, 4.69) is 5.32 Å². The molecule has 0 spiro atoms. The summed E-state index contributed by atoms with van der Waals surface area (Å²) in [5, 5.41) is 12.4. The summed E-state index contributed by atoms with van der Waals surface area (Å²) in [5.74, 6) is 0.174. The highest BCUT2D eigenvalue weighted by Gasteiger charge is 2.31. The van der Waals surface area contributed by atoms with E-state index in [0.29, 0.717) is 37.8 Å². The zero-order valence-electron chi connectivity index (χ0n) is 12.2. The number of carbonyl (C=O) groups excluding carboxylic acids is 3. The van der Waals surface area contributed by atoms with E-state index in [1.54, 1.807) is 0 Å². The number of amides is 2. The van der Waals surface area contributed by atoms with E-state index in [4.69, 9.17) is 0 Å². The van der Waals surface area contributed by atoms with E-state index in [0.717, 1.165) is 23.2 Å². The lowest BCUT2D eigenvalue weighted by Crippen LogP contribution is -2.37. The van der Waals surface area contributed by atoms with Gasteiger partial charge >= 0.3 is 0 Å². The maximum Gasteiger partial charge on any atom is 0.227 e. The Bertz CT molecular complexity index is 654. The molecule has 0 aromatic heterocycles. The van der Waals surface area contributed by atoms with Gasteiger partial charge in [0.15, 0.2) is 5.78 Å². The highest BCUT2D eigenvalue weighted by molar-refractivity contribution is 6.02. The number of aryl methyl sites for hydroxylation is 1. The molecule has 1 N–H and O–H groups in total. The van der Waals surface area contributed by atoms with E-state index in [1.165, 1.54) is 0 Å². The van der Waals surface area contributed by atoms with Crippen LogP contribution in [0.3, 0.4) is 0 Å². The molecule has 0 fully saturated rings. The van der Waals surface area contributed by atoms with Crippen molar-refractivity contribution in [2.75, 3.05) is 18.0 Å². The molecule has 0 radical (unpaired) electrons. The third kappa shape index (κ3) is 2.68. The van der Waals surface area contributed by atoms with Crippen molar-refractivity contribution >= 4 is 23.5 Å². The second kappa shape index (κ2) is 5.79. The Hall–Kier alpha value is -2.37. The van der Waals surface area contributed by atoms with E-state index in [9.17, 15) is 19.5 Å². The van der Waals surface area contributed by atoms with Crippen molar-refractivity contribution in [3.05, 3.63) is 28.8 Å². The number of rotatable bonds is 5. The summed E-state index contributed by atoms with van der Waals surface area (Å²) in [6.45, 7) is 0.919. The molecule has 0 unspecified atom stereocenters. The predicted octanol–water partition coefficient (Wildman–Crippen LogP) is 0.418. The van der Waals surface area contributed by atoms with Gasteiger partial charge in [0, 0.05) is 31.5 Å². The largest absolute Gasteiger partial charge is 0.530 e. The van der Waals surface area contributed by atoms with Gasteiger partial charge in [0.2, 0.25) is 5.91 Å². The molecule has 6 heteroatoms. The van der Waals surface area contributed by atoms with Crippen LogP contribution in [0.5, 0.6) is 0 Å². The van der Waals surface area contributed by atoms with Crippen LogP contribution in [-0.4, -0.2) is 30.9 Å². The molecule has 6 nitrogen and oxygen atoms in total. The highest BCUT2D eigenvalue weighted by atomic mass is 16.4. The number of ketones is 1. The molecular weight excluding hydrogens is 284 g/mol. The molecule has 2 heterocycles. The molecule has 0 atom stereocenters. The minimum Gasteiger partial charge on any atom is -0.530 e. The third-order valence-electron chi connectivity index (χ3n) is 4.22. The van der Waals surface area contributed by atoms with E-state index in [-0.39, 0.29) is 18.2 Å². The first-order valence-corrected chi connectivity index (χ1v) is 7.50. The van der Waals surface area contributed by atoms with Gasteiger partial charge in [-0.2, -0.15) is 0 Å². The van der Waals surface area contributed by atoms with Gasteiger partial charge in [-0.25, -0.2) is 0 Å². The lowest BCUT2D eigenvalue weighted by molar-refractivity contribution is -0.250. The van der Waals surface area contributed by atoms with Crippen molar-refractivity contribution in [3.63, 3.8) is 0 Å². The minimum absolute atomic E-state index is 0.00884. The molecule has 116 valence electrons. The third-order valence-corrected chi connectivity index (χ3v) is 4.22. The average molecular weight is 301 g/mol. The van der Waals surface area contributed by atoms with Gasteiger partial charge in [-0.05, 0) is 42.5 Å². The Morgan fingerprint density at radius 3 is 2.64 bits per heavy atom. The van der Waals surface area contributed by atoms with Crippen molar-refractivity contribution in [2.24, 2.45) is 0 Å². The molecule has 2 aliphatic heterocycles. The zero-order valence-corrected chi connectivity index (χ0v) is 12.2. The van der Waals surface area contributed by atoms with Crippen LogP contribution in [0.25, 0.3) is 0 Å². The van der Waals surface area contributed by atoms with Gasteiger partial charge in [0.05, 0.1) is 5.69 Å². The molecule has 1 aromatic rings. The Morgan fingerprint density at radius 2 is 1.91 bits per heavy atom. The van der Waals surface area contributed by atoms with Gasteiger partial charge in [0.1, 0.15) is 6.09 Å². The summed E-state index contributed by atoms with van der Waals surface area (Å²) in [6, 6.07) is 3.77. The smallest absolute Gasteiger partial charge is 0.227 e. The average Bonchev–Trinajstić information content (AvgIpc) is 2.92. The van der Waals surface area contributed by atoms with Gasteiger partial charge in [0.25, 0.3) is 0 Å². The van der Waals surface area contributed by atoms with Crippen molar-refractivity contribution in [3.8, 4) is 0 Å². The lowest BCUT2D eigenvalue weighted by atomic mass is 9.94. The van der Waals surface area contributed by atoms with Gasteiger partial charge in [-0.1, -0.05) is 0 Å². The van der Waals surface area contributed by atoms with E-state index in [1.807, 2.05) is 17.0 Å². The number of anilines is 1. The van der Waals surface area contributed by atoms with Gasteiger partial charge in [-0.3, -0.25) is 9.59 Å². The first kappa shape index (κ1) is 14.6. The van der Waals surface area contributed by atoms with E-state index < -0.39 is 6.09 Å². The number of hydrogen-bond acceptors (Lipinski definition) is 4. The fourth-order valence-corrected chi connectivity index (χ4v) is 3.20. The van der Waals surface area contributed by atoms with Gasteiger partial charge in [-0.15, -0.1) is 0 Å². The molecule has 0 saturated carbocycles. The van der Waals surface area contributed by atoms with Gasteiger partial charge < -0.3 is 20.1 Å². The zero-order chi connectivity index (χ0) is 15.7. The molecular formula is C16H17N2O4-. The molecule has 3 rings (SSSR count). The molecule has 2 amide bonds. The Balaban J connectivity index is 1.72. The number of carbonyl (C=O) groups is 3. The molecule has 1 aromatic carbocycles. The minimum atomic E-state index is -1.32. The first-order valence-electron chi connectivity index (χ1n) is 7.50. The number of nitrogens with zero attached hydrogens (tertiary/aromatic N) is 1. The number of nitrogens with one attached hydrogen (secondary N) is 1. The quantitative estimate of drug-likeness (QED) is 0.630. The highest BCUT2D eigenvalue weighted by Crippen LogP contribution is 2.37. The molecule has 0 aliphatic carbocycles. The second-order valence-electron chi connectivity index (χ2n) is 5.68. The second-order valence-corrected chi connectivity index (χ2v) is 5.68. The summed E-state index contributed by atoms with van der Waals surface area (Å²) in [5.41, 5.74) is 3.82. The summed E-state index contributed by atoms with van der Waals surface area (Å²) < 4.78 is 0. The number of hydrogen-bond donors (Lipinski definition) is 1. The Labute approximate surface area is 128 Å². The molecule has 0 bridgehead atoms. The van der Waals surface area contributed by atoms with E-state index >= 15 is 0 Å². The summed E-state index contributed by atoms with van der Waals surface area (Å²) >= 11 is 0. The van der Waals surface area contributed by atoms with Crippen molar-refractivity contribution < 1.29 is 19.5 Å². The standard InChI is InChI=1S/C16H18N2O4/c19-13(2-1-6-17-16(21)22)12-8-10-3-4-14(20)18-7-5-11(9-12)15(10)18/h8-9,17H,1-7H2,(H,21,22)/p-1. The topological polar surface area (TPSA) is 89.5 Å². The monoisotopic (exact) mass is 301 g/mol. The Kier molecular flexibility index (Phi) is 3.83. The molecule has 2 aliphatic rings. The number of Topliss-reactive ketones (excluding diaryl/α,β-unsaturated/α-hetero) is 1. The van der Waals surface area contributed by atoms with Crippen LogP contribution in [-0.2, 0) is 17.6 Å². The SMILES string of the molecule is O=C([O-])NCCCC(=O)c1cc2c3c(c1)CCN3C(=O)CC2. The summed E-state index contributed by atoms with van der Waals surface area (Å²) in [4.78, 5) is 36.2. The van der Waals surface area contributed by atoms with Crippen molar-refractivity contribution in [2.45, 2.75) is 32.1 Å². The van der Waals surface area contributed by atoms with Crippen LogP contribution < -0.4 is 15.3 Å². The lowest BCUT2D eigenvalue weighted by Gasteiger charge is -2.25. The van der Waals surface area contributed by atoms with Crippen molar-refractivity contribution in [1.29, 1.82) is 0 Å². The van der Waals surface area contributed by atoms with Crippen LogP contribution in [0.15, 0.2) is 12.1 Å². The van der Waals surface area contributed by atoms with Crippen LogP contribution in [0.1, 0.15) is 40.7 Å². The van der Waals surface area contributed by atoms with Crippen LogP contribution in [0, 0.1) is 0 Å². The van der Waals surface area contributed by atoms with Crippen molar-refractivity contribution in [1.82, 2.24) is 5.32 Å². The normalized spacial score (nSPS) is 15.6. The number of benzene rings is 1. The predicted molar refractivity (Wildman–Crippen MR) is 77.8 cm³/mol. The first-order chi connectivity index (χ1) is 10.6. The number of carboxylic acid groups (broad SMARTS) is 1. The summed E-state index contributed by atoms with van der Waals surface area (Å²) in [6.07, 6.45) is 1.40. The maximum absolute atomic E-state index is 12.2. The van der Waals surface area contributed by atoms with Crippen LogP contribution in [0.4, 0.5) is 10.5 Å². The fourth-order valence-electron chi connectivity index (χ4n) is 3.20. The fraction of sp³-hybridized carbons (Fsp3) is 0.438.